The maximum atomic E-state index is 12.8. The second kappa shape index (κ2) is 10.9. The molecule has 0 aliphatic carbocycles. The van der Waals surface area contributed by atoms with Gasteiger partial charge in [-0.3, -0.25) is 0 Å². The van der Waals surface area contributed by atoms with Crippen LogP contribution in [0.2, 0.25) is 0 Å². The number of rotatable bonds is 6. The van der Waals surface area contributed by atoms with Crippen molar-refractivity contribution in [1.29, 1.82) is 0 Å². The molecule has 0 bridgehead atoms. The lowest BCUT2D eigenvalue weighted by molar-refractivity contribution is 0.262. The number of pyridine rings is 2. The van der Waals surface area contributed by atoms with Gasteiger partial charge in [0.15, 0.2) is 0 Å². The number of hydrogen-bond donors (Lipinski definition) is 3. The van der Waals surface area contributed by atoms with E-state index in [0.29, 0.717) is 28.8 Å². The SMILES string of the molecule is CC(C)(C)c1ccccc1Nc1ccc(NC(=O)Nc2cccnc2Oc2ccccc2C(C)(C)C)cn1. The van der Waals surface area contributed by atoms with Gasteiger partial charge in [0.2, 0.25) is 5.88 Å². The lowest BCUT2D eigenvalue weighted by Crippen LogP contribution is -2.20. The molecule has 0 aliphatic heterocycles. The van der Waals surface area contributed by atoms with Crippen LogP contribution in [-0.4, -0.2) is 16.0 Å². The summed E-state index contributed by atoms with van der Waals surface area (Å²) in [6, 6.07) is 22.7. The van der Waals surface area contributed by atoms with Gasteiger partial charge in [-0.2, -0.15) is 0 Å². The van der Waals surface area contributed by atoms with Crippen molar-refractivity contribution in [1.82, 2.24) is 9.97 Å². The van der Waals surface area contributed by atoms with E-state index in [1.807, 2.05) is 48.5 Å². The fraction of sp³-hybridized carbons (Fsp3) is 0.258. The molecule has 7 heteroatoms. The summed E-state index contributed by atoms with van der Waals surface area (Å²) in [5.74, 6) is 1.70. The minimum atomic E-state index is -0.424. The van der Waals surface area contributed by atoms with E-state index in [9.17, 15) is 4.79 Å². The van der Waals surface area contributed by atoms with E-state index in [0.717, 1.165) is 11.3 Å². The summed E-state index contributed by atoms with van der Waals surface area (Å²) in [5, 5.41) is 9.04. The summed E-state index contributed by atoms with van der Waals surface area (Å²) >= 11 is 0. The quantitative estimate of drug-likeness (QED) is 0.243. The fourth-order valence-electron chi connectivity index (χ4n) is 4.06. The summed E-state index contributed by atoms with van der Waals surface area (Å²) in [5.41, 5.74) is 4.14. The van der Waals surface area contributed by atoms with E-state index < -0.39 is 6.03 Å². The molecule has 4 aromatic rings. The minimum absolute atomic E-state index is 0.00708. The number of ether oxygens (including phenoxy) is 1. The Morgan fingerprint density at radius 2 is 1.37 bits per heavy atom. The molecule has 0 saturated carbocycles. The highest BCUT2D eigenvalue weighted by Gasteiger charge is 2.20. The molecular formula is C31H35N5O2. The first kappa shape index (κ1) is 26.7. The number of carbonyl (C=O) groups is 1. The van der Waals surface area contributed by atoms with Crippen molar-refractivity contribution in [3.8, 4) is 11.6 Å². The first-order valence-electron chi connectivity index (χ1n) is 12.6. The van der Waals surface area contributed by atoms with E-state index >= 15 is 0 Å². The van der Waals surface area contributed by atoms with Gasteiger partial charge >= 0.3 is 6.03 Å². The Hall–Kier alpha value is -4.39. The van der Waals surface area contributed by atoms with E-state index in [-0.39, 0.29) is 10.8 Å². The van der Waals surface area contributed by atoms with Gasteiger partial charge in [-0.05, 0) is 52.8 Å². The topological polar surface area (TPSA) is 88.2 Å². The second-order valence-electron chi connectivity index (χ2n) is 11.1. The molecule has 3 N–H and O–H groups in total. The summed E-state index contributed by atoms with van der Waals surface area (Å²) in [4.78, 5) is 21.6. The molecule has 0 unspecified atom stereocenters. The number of aromatic nitrogens is 2. The molecule has 196 valence electrons. The van der Waals surface area contributed by atoms with E-state index in [2.05, 4.69) is 73.5 Å². The predicted octanol–water partition coefficient (Wildman–Crippen LogP) is 8.25. The minimum Gasteiger partial charge on any atom is -0.437 e. The number of urea groups is 1. The Labute approximate surface area is 224 Å². The van der Waals surface area contributed by atoms with Crippen molar-refractivity contribution in [2.45, 2.75) is 52.4 Å². The molecule has 0 spiro atoms. The zero-order valence-corrected chi connectivity index (χ0v) is 22.8. The van der Waals surface area contributed by atoms with Gasteiger partial charge in [0, 0.05) is 17.4 Å². The molecule has 0 atom stereocenters. The monoisotopic (exact) mass is 509 g/mol. The third-order valence-corrected chi connectivity index (χ3v) is 5.94. The van der Waals surface area contributed by atoms with Crippen LogP contribution >= 0.6 is 0 Å². The highest BCUT2D eigenvalue weighted by atomic mass is 16.5. The number of carbonyl (C=O) groups excluding carboxylic acids is 1. The van der Waals surface area contributed by atoms with Crippen LogP contribution in [-0.2, 0) is 10.8 Å². The average Bonchev–Trinajstić information content (AvgIpc) is 2.86. The van der Waals surface area contributed by atoms with Crippen molar-refractivity contribution in [3.63, 3.8) is 0 Å². The molecule has 2 amide bonds. The molecule has 2 aromatic heterocycles. The maximum Gasteiger partial charge on any atom is 0.323 e. The zero-order valence-electron chi connectivity index (χ0n) is 22.8. The molecule has 38 heavy (non-hydrogen) atoms. The van der Waals surface area contributed by atoms with Gasteiger partial charge in [0.05, 0.1) is 11.9 Å². The average molecular weight is 510 g/mol. The number of hydrogen-bond acceptors (Lipinski definition) is 5. The molecule has 4 rings (SSSR count). The number of nitrogens with zero attached hydrogens (tertiary/aromatic N) is 2. The van der Waals surface area contributed by atoms with Crippen molar-refractivity contribution >= 4 is 28.9 Å². The van der Waals surface area contributed by atoms with Crippen molar-refractivity contribution in [2.75, 3.05) is 16.0 Å². The van der Waals surface area contributed by atoms with Gasteiger partial charge in [-0.1, -0.05) is 77.9 Å². The Morgan fingerprint density at radius 1 is 0.711 bits per heavy atom. The highest BCUT2D eigenvalue weighted by molar-refractivity contribution is 6.00. The Morgan fingerprint density at radius 3 is 2.05 bits per heavy atom. The number of amides is 2. The third-order valence-electron chi connectivity index (χ3n) is 5.94. The molecular weight excluding hydrogens is 474 g/mol. The molecule has 7 nitrogen and oxygen atoms in total. The summed E-state index contributed by atoms with van der Waals surface area (Å²) in [6.07, 6.45) is 3.24. The number of nitrogens with one attached hydrogen (secondary N) is 3. The number of benzene rings is 2. The van der Waals surface area contributed by atoms with Crippen molar-refractivity contribution in [3.05, 3.63) is 96.3 Å². The van der Waals surface area contributed by atoms with E-state index in [4.69, 9.17) is 4.74 Å². The molecule has 2 heterocycles. The summed E-state index contributed by atoms with van der Waals surface area (Å²) in [7, 11) is 0. The normalized spacial score (nSPS) is 11.5. The molecule has 0 saturated heterocycles. The maximum absolute atomic E-state index is 12.8. The Balaban J connectivity index is 1.43. The van der Waals surface area contributed by atoms with Crippen LogP contribution in [0.1, 0.15) is 52.7 Å². The predicted molar refractivity (Wildman–Crippen MR) is 155 cm³/mol. The van der Waals surface area contributed by atoms with Crippen LogP contribution in [0.3, 0.4) is 0 Å². The fourth-order valence-corrected chi connectivity index (χ4v) is 4.06. The molecule has 0 radical (unpaired) electrons. The summed E-state index contributed by atoms with van der Waals surface area (Å²) < 4.78 is 6.15. The molecule has 2 aromatic carbocycles. The lowest BCUT2D eigenvalue weighted by atomic mass is 9.86. The van der Waals surface area contributed by atoms with Crippen molar-refractivity contribution in [2.24, 2.45) is 0 Å². The first-order chi connectivity index (χ1) is 18.0. The van der Waals surface area contributed by atoms with Crippen LogP contribution in [0.5, 0.6) is 11.6 Å². The van der Waals surface area contributed by atoms with Crippen LogP contribution in [0.4, 0.5) is 27.7 Å². The van der Waals surface area contributed by atoms with Crippen molar-refractivity contribution < 1.29 is 9.53 Å². The molecule has 0 fully saturated rings. The van der Waals surface area contributed by atoms with Crippen LogP contribution in [0.15, 0.2) is 85.2 Å². The second-order valence-corrected chi connectivity index (χ2v) is 11.1. The Bertz CT molecular complexity index is 1400. The van der Waals surface area contributed by atoms with Gasteiger partial charge in [0.25, 0.3) is 0 Å². The highest BCUT2D eigenvalue weighted by Crippen LogP contribution is 2.35. The largest absolute Gasteiger partial charge is 0.437 e. The van der Waals surface area contributed by atoms with Crippen LogP contribution in [0, 0.1) is 0 Å². The zero-order chi connectivity index (χ0) is 27.3. The first-order valence-corrected chi connectivity index (χ1v) is 12.6. The standard InChI is InChI=1S/C31H35N5O2/c1-30(2,3)22-12-7-9-14-24(22)35-27-18-17-21(20-33-27)34-29(37)36-25-15-11-19-32-28(25)38-26-16-10-8-13-23(26)31(4,5)6/h7-20H,1-6H3,(H,33,35)(H2,34,36,37). The lowest BCUT2D eigenvalue weighted by Gasteiger charge is -2.23. The summed E-state index contributed by atoms with van der Waals surface area (Å²) in [6.45, 7) is 12.9. The van der Waals surface area contributed by atoms with Gasteiger partial charge < -0.3 is 20.7 Å². The number of anilines is 4. The molecule has 0 aliphatic rings. The third kappa shape index (κ3) is 6.68. The number of para-hydroxylation sites is 2. The van der Waals surface area contributed by atoms with Crippen LogP contribution in [0.25, 0.3) is 0 Å². The smallest absolute Gasteiger partial charge is 0.323 e. The van der Waals surface area contributed by atoms with E-state index in [1.54, 1.807) is 30.6 Å². The van der Waals surface area contributed by atoms with Gasteiger partial charge in [0.1, 0.15) is 17.3 Å². The van der Waals surface area contributed by atoms with Gasteiger partial charge in [-0.15, -0.1) is 0 Å². The van der Waals surface area contributed by atoms with E-state index in [1.165, 1.54) is 5.56 Å². The van der Waals surface area contributed by atoms with Crippen LogP contribution < -0.4 is 20.7 Å². The van der Waals surface area contributed by atoms with Gasteiger partial charge in [-0.25, -0.2) is 14.8 Å². The Kier molecular flexibility index (Phi) is 7.67.